The summed E-state index contributed by atoms with van der Waals surface area (Å²) in [5.74, 6) is -0.651. The Morgan fingerprint density at radius 1 is 1.11 bits per heavy atom. The molecular weight excluding hydrogens is 489 g/mol. The number of anilines is 1. The Hall–Kier alpha value is -4.58. The molecule has 2 aromatic carbocycles. The molecule has 1 aromatic heterocycles. The second kappa shape index (κ2) is 10.2. The molecule has 4 rings (SSSR count). The normalized spacial score (nSPS) is 15.6. The van der Waals surface area contributed by atoms with E-state index in [-0.39, 0.29) is 29.7 Å². The van der Waals surface area contributed by atoms with Crippen molar-refractivity contribution >= 4 is 17.6 Å². The second-order valence-corrected chi connectivity index (χ2v) is 8.09. The highest BCUT2D eigenvalue weighted by Gasteiger charge is 2.36. The van der Waals surface area contributed by atoms with Gasteiger partial charge in [-0.05, 0) is 35.4 Å². The van der Waals surface area contributed by atoms with Crippen molar-refractivity contribution < 1.29 is 27.5 Å². The number of alkyl halides is 3. The molecule has 12 heteroatoms. The Morgan fingerprint density at radius 3 is 2.41 bits per heavy atom. The number of carbonyl (C=O) groups excluding carboxylic acids is 2. The van der Waals surface area contributed by atoms with Gasteiger partial charge in [-0.1, -0.05) is 36.4 Å². The predicted molar refractivity (Wildman–Crippen MR) is 129 cm³/mol. The van der Waals surface area contributed by atoms with E-state index in [0.29, 0.717) is 23.1 Å². The number of nitrogens with zero attached hydrogens (tertiary/aromatic N) is 2. The first-order valence-corrected chi connectivity index (χ1v) is 11.0. The van der Waals surface area contributed by atoms with Crippen molar-refractivity contribution in [3.8, 4) is 5.75 Å². The van der Waals surface area contributed by atoms with Gasteiger partial charge in [0.1, 0.15) is 17.4 Å². The maximum absolute atomic E-state index is 12.9. The molecule has 3 aromatic rings. The lowest BCUT2D eigenvalue weighted by Gasteiger charge is -2.21. The molecule has 1 aliphatic rings. The Bertz CT molecular complexity index is 1340. The molecule has 6 N–H and O–H groups in total. The number of para-hydroxylation sites is 1. The molecule has 0 saturated heterocycles. The zero-order chi connectivity index (χ0) is 26.7. The van der Waals surface area contributed by atoms with Gasteiger partial charge in [0.15, 0.2) is 0 Å². The van der Waals surface area contributed by atoms with Gasteiger partial charge in [-0.25, -0.2) is 15.4 Å². The van der Waals surface area contributed by atoms with E-state index in [1.54, 1.807) is 48.5 Å². The summed E-state index contributed by atoms with van der Waals surface area (Å²) in [6.07, 6.45) is -3.86. The van der Waals surface area contributed by atoms with E-state index >= 15 is 0 Å². The Kier molecular flexibility index (Phi) is 7.02. The lowest BCUT2D eigenvalue weighted by atomic mass is 9.98. The molecule has 0 saturated carbocycles. The molecule has 0 spiro atoms. The number of nitrogens with one attached hydrogen (secondary N) is 2. The van der Waals surface area contributed by atoms with E-state index in [4.69, 9.17) is 16.2 Å². The molecule has 2 heterocycles. The van der Waals surface area contributed by atoms with Crippen molar-refractivity contribution in [1.82, 2.24) is 15.7 Å². The summed E-state index contributed by atoms with van der Waals surface area (Å²) in [5.41, 5.74) is 15.6. The summed E-state index contributed by atoms with van der Waals surface area (Å²) in [5, 5.41) is 4.04. The third-order valence-electron chi connectivity index (χ3n) is 5.75. The number of rotatable bonds is 7. The fourth-order valence-corrected chi connectivity index (χ4v) is 3.85. The molecule has 9 nitrogen and oxygen atoms in total. The molecule has 2 amide bonds. The summed E-state index contributed by atoms with van der Waals surface area (Å²) >= 11 is 0. The van der Waals surface area contributed by atoms with Crippen molar-refractivity contribution in [3.05, 3.63) is 101 Å². The number of hydrogen-bond acceptors (Lipinski definition) is 7. The number of pyridine rings is 1. The molecule has 192 valence electrons. The van der Waals surface area contributed by atoms with Crippen LogP contribution in [0.1, 0.15) is 33.1 Å². The molecule has 1 atom stereocenters. The monoisotopic (exact) mass is 512 g/mol. The van der Waals surface area contributed by atoms with Gasteiger partial charge in [0, 0.05) is 12.7 Å². The molecule has 0 radical (unpaired) electrons. The smallest absolute Gasteiger partial charge is 0.417 e. The highest BCUT2D eigenvalue weighted by molar-refractivity contribution is 5.97. The number of ether oxygens (including phenoxy) is 1. The van der Waals surface area contributed by atoms with Crippen molar-refractivity contribution in [1.29, 1.82) is 0 Å². The number of nitrogens with two attached hydrogens (primary N) is 2. The standard InChI is InChI=1S/C25H23F3N6O3/c1-37-18-5-3-2-4-17(18)24(36)32-12-14-6-8-15(9-7-14)21-20(23(30)35)22(29)34(33-21)19-11-10-16(13-31-19)25(26,27)28/h2-11,13,21,33H,12,29H2,1H3,(H2,30,35)(H,32,36). The number of primary amides is 1. The van der Waals surface area contributed by atoms with E-state index in [0.717, 1.165) is 17.7 Å². The van der Waals surface area contributed by atoms with Crippen LogP contribution in [0.25, 0.3) is 0 Å². The maximum Gasteiger partial charge on any atom is 0.417 e. The molecular formula is C25H23F3N6O3. The maximum atomic E-state index is 12.9. The first-order valence-electron chi connectivity index (χ1n) is 11.0. The Labute approximate surface area is 209 Å². The van der Waals surface area contributed by atoms with Crippen LogP contribution in [0.15, 0.2) is 78.3 Å². The van der Waals surface area contributed by atoms with Gasteiger partial charge in [-0.2, -0.15) is 13.2 Å². The number of amides is 2. The first kappa shape index (κ1) is 25.5. The fraction of sp³-hybridized carbons (Fsp3) is 0.160. The zero-order valence-electron chi connectivity index (χ0n) is 19.5. The third-order valence-corrected chi connectivity index (χ3v) is 5.75. The summed E-state index contributed by atoms with van der Waals surface area (Å²) in [4.78, 5) is 28.5. The average molecular weight is 512 g/mol. The van der Waals surface area contributed by atoms with Crippen LogP contribution >= 0.6 is 0 Å². The van der Waals surface area contributed by atoms with Crippen molar-refractivity contribution in [2.75, 3.05) is 12.1 Å². The van der Waals surface area contributed by atoms with Crippen LogP contribution in [-0.4, -0.2) is 23.9 Å². The van der Waals surface area contributed by atoms with Crippen LogP contribution in [0.3, 0.4) is 0 Å². The Balaban J connectivity index is 1.49. The number of methoxy groups -OCH3 is 1. The zero-order valence-corrected chi connectivity index (χ0v) is 19.5. The van der Waals surface area contributed by atoms with Crippen LogP contribution in [0.5, 0.6) is 5.75 Å². The lowest BCUT2D eigenvalue weighted by Crippen LogP contribution is -2.36. The van der Waals surface area contributed by atoms with Crippen molar-refractivity contribution in [3.63, 3.8) is 0 Å². The number of hydrogen-bond donors (Lipinski definition) is 4. The molecule has 0 aliphatic carbocycles. The quantitative estimate of drug-likeness (QED) is 0.382. The van der Waals surface area contributed by atoms with E-state index in [1.165, 1.54) is 12.1 Å². The number of benzene rings is 2. The number of hydrazine groups is 1. The highest BCUT2D eigenvalue weighted by atomic mass is 19.4. The number of aromatic nitrogens is 1. The minimum atomic E-state index is -4.54. The van der Waals surface area contributed by atoms with Gasteiger partial charge in [-0.3, -0.25) is 9.59 Å². The van der Waals surface area contributed by atoms with Crippen LogP contribution in [0, 0.1) is 0 Å². The topological polar surface area (TPSA) is 136 Å². The molecule has 0 fully saturated rings. The van der Waals surface area contributed by atoms with E-state index in [9.17, 15) is 22.8 Å². The van der Waals surface area contributed by atoms with Crippen LogP contribution < -0.4 is 32.0 Å². The molecule has 0 bridgehead atoms. The predicted octanol–water partition coefficient (Wildman–Crippen LogP) is 2.76. The largest absolute Gasteiger partial charge is 0.496 e. The van der Waals surface area contributed by atoms with Crippen molar-refractivity contribution in [2.45, 2.75) is 18.8 Å². The summed E-state index contributed by atoms with van der Waals surface area (Å²) in [6.45, 7) is 0.234. The van der Waals surface area contributed by atoms with Gasteiger partial charge in [0.25, 0.3) is 5.91 Å². The van der Waals surface area contributed by atoms with Gasteiger partial charge < -0.3 is 21.5 Å². The van der Waals surface area contributed by atoms with E-state index in [2.05, 4.69) is 15.7 Å². The molecule has 37 heavy (non-hydrogen) atoms. The number of carbonyl (C=O) groups is 2. The highest BCUT2D eigenvalue weighted by Crippen LogP contribution is 2.34. The van der Waals surface area contributed by atoms with E-state index < -0.39 is 23.7 Å². The van der Waals surface area contributed by atoms with Crippen LogP contribution in [0.2, 0.25) is 0 Å². The first-order chi connectivity index (χ1) is 17.6. The minimum absolute atomic E-state index is 0.0407. The summed E-state index contributed by atoms with van der Waals surface area (Å²) in [7, 11) is 1.48. The summed E-state index contributed by atoms with van der Waals surface area (Å²) < 4.78 is 43.9. The Morgan fingerprint density at radius 2 is 1.81 bits per heavy atom. The van der Waals surface area contributed by atoms with Gasteiger partial charge in [0.05, 0.1) is 29.9 Å². The lowest BCUT2D eigenvalue weighted by molar-refractivity contribution is -0.137. The molecule has 1 aliphatic heterocycles. The summed E-state index contributed by atoms with van der Waals surface area (Å²) in [6, 6.07) is 15.0. The molecule has 1 unspecified atom stereocenters. The minimum Gasteiger partial charge on any atom is -0.496 e. The SMILES string of the molecule is COc1ccccc1C(=O)NCc1ccc(C2NN(c3ccc(C(F)(F)F)cn3)C(N)=C2C(N)=O)cc1. The van der Waals surface area contributed by atoms with Crippen LogP contribution in [-0.2, 0) is 17.5 Å². The van der Waals surface area contributed by atoms with E-state index in [1.807, 2.05) is 0 Å². The number of halogens is 3. The van der Waals surface area contributed by atoms with Crippen LogP contribution in [0.4, 0.5) is 19.0 Å². The van der Waals surface area contributed by atoms with Gasteiger partial charge in [-0.15, -0.1) is 0 Å². The second-order valence-electron chi connectivity index (χ2n) is 8.09. The van der Waals surface area contributed by atoms with Gasteiger partial charge >= 0.3 is 6.18 Å². The third kappa shape index (κ3) is 5.33. The van der Waals surface area contributed by atoms with Gasteiger partial charge in [0.2, 0.25) is 5.91 Å². The average Bonchev–Trinajstić information content (AvgIpc) is 3.24. The fourth-order valence-electron chi connectivity index (χ4n) is 3.85. The van der Waals surface area contributed by atoms with Crippen molar-refractivity contribution in [2.24, 2.45) is 11.5 Å².